The number of carboxylic acid groups (broad SMARTS) is 1. The number of aliphatic hydroxyl groups is 2. The third-order valence-corrected chi connectivity index (χ3v) is 1.42. The van der Waals surface area contributed by atoms with Crippen LogP contribution in [0.1, 0.15) is 0 Å². The maximum absolute atomic E-state index is 10.3. The average molecular weight is 156 g/mol. The number of aliphatic carboxylic acids is 1. The molecule has 2 unspecified atom stereocenters. The maximum Gasteiger partial charge on any atom is 0.335 e. The van der Waals surface area contributed by atoms with Crippen molar-refractivity contribution in [3.8, 4) is 0 Å². The van der Waals surface area contributed by atoms with E-state index in [2.05, 4.69) is 0 Å². The summed E-state index contributed by atoms with van der Waals surface area (Å²) >= 11 is 0. The Morgan fingerprint density at radius 3 is 2.45 bits per heavy atom. The summed E-state index contributed by atoms with van der Waals surface area (Å²) in [6.45, 7) is 0. The lowest BCUT2D eigenvalue weighted by atomic mass is 10.0. The molecule has 0 aromatic rings. The summed E-state index contributed by atoms with van der Waals surface area (Å²) < 4.78 is 0. The summed E-state index contributed by atoms with van der Waals surface area (Å²) in [5.41, 5.74) is 0.00259. The number of hydrogen-bond donors (Lipinski definition) is 3. The van der Waals surface area contributed by atoms with Gasteiger partial charge < -0.3 is 15.3 Å². The van der Waals surface area contributed by atoms with Gasteiger partial charge in [0, 0.05) is 0 Å². The number of rotatable bonds is 1. The predicted octanol–water partition coefficient (Wildman–Crippen LogP) is -0.711. The van der Waals surface area contributed by atoms with Gasteiger partial charge in [0.25, 0.3) is 0 Å². The van der Waals surface area contributed by atoms with E-state index in [-0.39, 0.29) is 5.57 Å². The summed E-state index contributed by atoms with van der Waals surface area (Å²) in [6, 6.07) is 0. The molecule has 1 aliphatic rings. The molecule has 1 aliphatic carbocycles. The van der Waals surface area contributed by atoms with Crippen LogP contribution in [0.15, 0.2) is 23.8 Å². The van der Waals surface area contributed by atoms with Crippen molar-refractivity contribution in [3.63, 3.8) is 0 Å². The van der Waals surface area contributed by atoms with Crippen molar-refractivity contribution in [1.29, 1.82) is 0 Å². The van der Waals surface area contributed by atoms with E-state index in [9.17, 15) is 4.79 Å². The van der Waals surface area contributed by atoms with Crippen LogP contribution in [0.25, 0.3) is 0 Å². The van der Waals surface area contributed by atoms with Gasteiger partial charge in [-0.2, -0.15) is 0 Å². The Morgan fingerprint density at radius 2 is 2.00 bits per heavy atom. The van der Waals surface area contributed by atoms with E-state index < -0.39 is 18.2 Å². The van der Waals surface area contributed by atoms with Gasteiger partial charge >= 0.3 is 5.97 Å². The van der Waals surface area contributed by atoms with Gasteiger partial charge in [-0.3, -0.25) is 0 Å². The average Bonchev–Trinajstić information content (AvgIpc) is 1.94. The molecule has 3 N–H and O–H groups in total. The summed E-state index contributed by atoms with van der Waals surface area (Å²) in [6.07, 6.45) is 1.52. The first-order valence-electron chi connectivity index (χ1n) is 3.10. The molecular formula is C7H8O4. The fourth-order valence-corrected chi connectivity index (χ4v) is 0.797. The number of hydrogen-bond acceptors (Lipinski definition) is 3. The molecule has 2 atom stereocenters. The molecule has 0 saturated heterocycles. The normalized spacial score (nSPS) is 29.8. The van der Waals surface area contributed by atoms with Gasteiger partial charge in [0.05, 0.1) is 5.57 Å². The zero-order chi connectivity index (χ0) is 8.43. The second-order valence-corrected chi connectivity index (χ2v) is 2.27. The van der Waals surface area contributed by atoms with Gasteiger partial charge in [-0.15, -0.1) is 0 Å². The monoisotopic (exact) mass is 156 g/mol. The van der Waals surface area contributed by atoms with Crippen LogP contribution < -0.4 is 0 Å². The molecule has 0 spiro atoms. The molecule has 0 amide bonds. The third-order valence-electron chi connectivity index (χ3n) is 1.42. The molecule has 0 fully saturated rings. The Kier molecular flexibility index (Phi) is 2.07. The van der Waals surface area contributed by atoms with Crippen molar-refractivity contribution in [2.24, 2.45) is 0 Å². The Labute approximate surface area is 63.1 Å². The maximum atomic E-state index is 10.3. The molecule has 0 heterocycles. The zero-order valence-corrected chi connectivity index (χ0v) is 5.64. The number of aliphatic hydroxyl groups excluding tert-OH is 2. The van der Waals surface area contributed by atoms with Crippen molar-refractivity contribution < 1.29 is 20.1 Å². The van der Waals surface area contributed by atoms with Crippen molar-refractivity contribution in [2.75, 3.05) is 0 Å². The highest BCUT2D eigenvalue weighted by molar-refractivity contribution is 5.90. The number of carboxylic acids is 1. The smallest absolute Gasteiger partial charge is 0.335 e. The van der Waals surface area contributed by atoms with Crippen molar-refractivity contribution in [1.82, 2.24) is 0 Å². The van der Waals surface area contributed by atoms with Crippen molar-refractivity contribution in [2.45, 2.75) is 12.2 Å². The third kappa shape index (κ3) is 1.66. The van der Waals surface area contributed by atoms with Gasteiger partial charge in [0.15, 0.2) is 0 Å². The van der Waals surface area contributed by atoms with Gasteiger partial charge in [-0.05, 0) is 12.2 Å². The molecule has 4 nitrogen and oxygen atoms in total. The fraction of sp³-hybridized carbons (Fsp3) is 0.286. The van der Waals surface area contributed by atoms with Gasteiger partial charge in [-0.25, -0.2) is 4.79 Å². The summed E-state index contributed by atoms with van der Waals surface area (Å²) in [5.74, 6) is -1.10. The number of carbonyl (C=O) groups is 1. The lowest BCUT2D eigenvalue weighted by Crippen LogP contribution is -2.25. The van der Waals surface area contributed by atoms with Crippen LogP contribution in [0.2, 0.25) is 0 Å². The highest BCUT2D eigenvalue weighted by Gasteiger charge is 2.18. The molecule has 11 heavy (non-hydrogen) atoms. The molecule has 0 radical (unpaired) electrons. The largest absolute Gasteiger partial charge is 0.478 e. The fourth-order valence-electron chi connectivity index (χ4n) is 0.797. The van der Waals surface area contributed by atoms with E-state index in [1.165, 1.54) is 12.2 Å². The predicted molar refractivity (Wildman–Crippen MR) is 36.9 cm³/mol. The Morgan fingerprint density at radius 1 is 1.36 bits per heavy atom. The molecule has 0 aromatic heterocycles. The van der Waals surface area contributed by atoms with Crippen LogP contribution >= 0.6 is 0 Å². The molecule has 0 aromatic carbocycles. The Hall–Kier alpha value is -1.13. The van der Waals surface area contributed by atoms with E-state index in [0.29, 0.717) is 0 Å². The van der Waals surface area contributed by atoms with Gasteiger partial charge in [-0.1, -0.05) is 6.08 Å². The lowest BCUT2D eigenvalue weighted by Gasteiger charge is -2.14. The van der Waals surface area contributed by atoms with Gasteiger partial charge in [0.1, 0.15) is 12.2 Å². The quantitative estimate of drug-likeness (QED) is 0.468. The summed E-state index contributed by atoms with van der Waals surface area (Å²) in [5, 5.41) is 26.3. The summed E-state index contributed by atoms with van der Waals surface area (Å²) in [4.78, 5) is 10.3. The SMILES string of the molecule is O=C(O)C1=CC(O)C(O)C=C1. The van der Waals surface area contributed by atoms with Crippen LogP contribution in [-0.2, 0) is 4.79 Å². The van der Waals surface area contributed by atoms with Crippen LogP contribution in [0.3, 0.4) is 0 Å². The molecule has 60 valence electrons. The standard InChI is InChI=1S/C7H8O4/c8-5-2-1-4(7(10)11)3-6(5)9/h1-3,5-6,8-9H,(H,10,11). The van der Waals surface area contributed by atoms with Crippen LogP contribution in [0.4, 0.5) is 0 Å². The second-order valence-electron chi connectivity index (χ2n) is 2.27. The van der Waals surface area contributed by atoms with Crippen LogP contribution in [0.5, 0.6) is 0 Å². The second kappa shape index (κ2) is 2.86. The van der Waals surface area contributed by atoms with Crippen LogP contribution in [0, 0.1) is 0 Å². The Bertz CT molecular complexity index is 229. The summed E-state index contributed by atoms with van der Waals surface area (Å²) in [7, 11) is 0. The first-order valence-corrected chi connectivity index (χ1v) is 3.10. The topological polar surface area (TPSA) is 77.8 Å². The molecule has 0 aliphatic heterocycles. The van der Waals surface area contributed by atoms with Crippen molar-refractivity contribution in [3.05, 3.63) is 23.8 Å². The highest BCUT2D eigenvalue weighted by atomic mass is 16.4. The molecule has 1 rings (SSSR count). The van der Waals surface area contributed by atoms with E-state index in [1.807, 2.05) is 0 Å². The van der Waals surface area contributed by atoms with E-state index in [4.69, 9.17) is 15.3 Å². The zero-order valence-electron chi connectivity index (χ0n) is 5.64. The van der Waals surface area contributed by atoms with Crippen LogP contribution in [-0.4, -0.2) is 33.5 Å². The van der Waals surface area contributed by atoms with E-state index in [1.54, 1.807) is 0 Å². The first kappa shape index (κ1) is 7.97. The molecule has 4 heteroatoms. The highest BCUT2D eigenvalue weighted by Crippen LogP contribution is 2.10. The Balaban J connectivity index is 2.80. The minimum atomic E-state index is -1.11. The van der Waals surface area contributed by atoms with E-state index >= 15 is 0 Å². The molecule has 0 bridgehead atoms. The minimum absolute atomic E-state index is 0.00259. The molecule has 0 saturated carbocycles. The molecular weight excluding hydrogens is 148 g/mol. The first-order chi connectivity index (χ1) is 5.11. The van der Waals surface area contributed by atoms with Gasteiger partial charge in [0.2, 0.25) is 0 Å². The van der Waals surface area contributed by atoms with E-state index in [0.717, 1.165) is 6.08 Å². The minimum Gasteiger partial charge on any atom is -0.478 e. The lowest BCUT2D eigenvalue weighted by molar-refractivity contribution is -0.132. The van der Waals surface area contributed by atoms with Crippen molar-refractivity contribution >= 4 is 5.97 Å².